The van der Waals surface area contributed by atoms with E-state index in [1.807, 2.05) is 60.7 Å². The second-order valence-electron chi connectivity index (χ2n) is 8.23. The van der Waals surface area contributed by atoms with Crippen molar-refractivity contribution in [1.82, 2.24) is 10.2 Å². The quantitative estimate of drug-likeness (QED) is 0.364. The molecule has 0 heterocycles. The summed E-state index contributed by atoms with van der Waals surface area (Å²) < 4.78 is 14.5. The first kappa shape index (κ1) is 25.4. The number of unbranched alkanes of at least 4 members (excludes halogenated alkanes) is 1. The van der Waals surface area contributed by atoms with E-state index in [4.69, 9.17) is 11.6 Å². The van der Waals surface area contributed by atoms with Gasteiger partial charge in [0, 0.05) is 30.1 Å². The summed E-state index contributed by atoms with van der Waals surface area (Å²) >= 11 is 6.20. The van der Waals surface area contributed by atoms with Crippen LogP contribution in [0.15, 0.2) is 78.9 Å². The normalized spacial score (nSPS) is 11.6. The Morgan fingerprint density at radius 3 is 2.21 bits per heavy atom. The largest absolute Gasteiger partial charge is 0.354 e. The van der Waals surface area contributed by atoms with Gasteiger partial charge in [-0.3, -0.25) is 9.59 Å². The highest BCUT2D eigenvalue weighted by Crippen LogP contribution is 2.22. The zero-order valence-corrected chi connectivity index (χ0v) is 20.1. The highest BCUT2D eigenvalue weighted by Gasteiger charge is 2.31. The van der Waals surface area contributed by atoms with Crippen molar-refractivity contribution in [3.8, 4) is 0 Å². The molecule has 3 aromatic rings. The third kappa shape index (κ3) is 7.16. The van der Waals surface area contributed by atoms with Crippen LogP contribution in [0.3, 0.4) is 0 Å². The van der Waals surface area contributed by atoms with Crippen LogP contribution in [0.4, 0.5) is 4.39 Å². The minimum Gasteiger partial charge on any atom is -0.354 e. The van der Waals surface area contributed by atoms with Crippen LogP contribution in [-0.2, 0) is 29.0 Å². The molecule has 3 rings (SSSR count). The Labute approximate surface area is 205 Å². The van der Waals surface area contributed by atoms with Gasteiger partial charge in [0.1, 0.15) is 11.9 Å². The van der Waals surface area contributed by atoms with Crippen molar-refractivity contribution in [2.75, 3.05) is 6.54 Å². The van der Waals surface area contributed by atoms with Gasteiger partial charge in [-0.25, -0.2) is 4.39 Å². The molecule has 34 heavy (non-hydrogen) atoms. The molecule has 0 aliphatic rings. The van der Waals surface area contributed by atoms with Crippen molar-refractivity contribution < 1.29 is 14.0 Å². The predicted molar refractivity (Wildman–Crippen MR) is 134 cm³/mol. The van der Waals surface area contributed by atoms with E-state index in [0.717, 1.165) is 24.0 Å². The van der Waals surface area contributed by atoms with E-state index >= 15 is 0 Å². The summed E-state index contributed by atoms with van der Waals surface area (Å²) in [6.07, 6.45) is 1.91. The first-order valence-electron chi connectivity index (χ1n) is 11.6. The summed E-state index contributed by atoms with van der Waals surface area (Å²) in [7, 11) is 0. The van der Waals surface area contributed by atoms with Crippen LogP contribution in [0.2, 0.25) is 5.02 Å². The molecule has 3 aromatic carbocycles. The van der Waals surface area contributed by atoms with Crippen LogP contribution in [0.1, 0.15) is 36.5 Å². The Bertz CT molecular complexity index is 1060. The minimum atomic E-state index is -0.752. The molecule has 2 amide bonds. The fourth-order valence-electron chi connectivity index (χ4n) is 3.79. The predicted octanol–water partition coefficient (Wildman–Crippen LogP) is 5.58. The van der Waals surface area contributed by atoms with Gasteiger partial charge < -0.3 is 10.2 Å². The van der Waals surface area contributed by atoms with Crippen LogP contribution < -0.4 is 5.32 Å². The molecule has 0 aliphatic heterocycles. The Hall–Kier alpha value is -3.18. The van der Waals surface area contributed by atoms with Crippen molar-refractivity contribution in [3.05, 3.63) is 106 Å². The Balaban J connectivity index is 1.95. The summed E-state index contributed by atoms with van der Waals surface area (Å²) in [5.74, 6) is -1.11. The standard InChI is InChI=1S/C28H30ClFN2O2/c1-2-3-17-31-28(34)26(18-21-11-6-4-7-12-21)32(20-22-13-8-5-9-14-22)27(33)19-23-24(29)15-10-16-25(23)30/h4-16,26H,2-3,17-20H2,1H3,(H,31,34)/t26-/m0/s1. The maximum Gasteiger partial charge on any atom is 0.243 e. The first-order chi connectivity index (χ1) is 16.5. The van der Waals surface area contributed by atoms with Crippen molar-refractivity contribution in [2.45, 2.75) is 45.2 Å². The van der Waals surface area contributed by atoms with Crippen LogP contribution in [0.5, 0.6) is 0 Å². The summed E-state index contributed by atoms with van der Waals surface area (Å²) in [6.45, 7) is 2.81. The lowest BCUT2D eigenvalue weighted by molar-refractivity contribution is -0.140. The molecular formula is C28H30ClFN2O2. The van der Waals surface area contributed by atoms with E-state index in [1.165, 1.54) is 12.1 Å². The summed E-state index contributed by atoms with van der Waals surface area (Å²) in [5.41, 5.74) is 1.96. The van der Waals surface area contributed by atoms with E-state index in [2.05, 4.69) is 12.2 Å². The monoisotopic (exact) mass is 480 g/mol. The molecule has 178 valence electrons. The van der Waals surface area contributed by atoms with Gasteiger partial charge in [-0.15, -0.1) is 0 Å². The van der Waals surface area contributed by atoms with Crippen LogP contribution >= 0.6 is 11.6 Å². The van der Waals surface area contributed by atoms with Gasteiger partial charge in [0.25, 0.3) is 0 Å². The van der Waals surface area contributed by atoms with Crippen LogP contribution in [0.25, 0.3) is 0 Å². The Morgan fingerprint density at radius 1 is 0.941 bits per heavy atom. The number of halogens is 2. The zero-order chi connectivity index (χ0) is 24.3. The summed E-state index contributed by atoms with van der Waals surface area (Å²) in [5, 5.41) is 3.17. The van der Waals surface area contributed by atoms with Crippen LogP contribution in [-0.4, -0.2) is 29.3 Å². The van der Waals surface area contributed by atoms with Gasteiger partial charge in [-0.05, 0) is 29.7 Å². The molecule has 0 aromatic heterocycles. The van der Waals surface area contributed by atoms with Gasteiger partial charge in [0.2, 0.25) is 11.8 Å². The van der Waals surface area contributed by atoms with Crippen molar-refractivity contribution >= 4 is 23.4 Å². The minimum absolute atomic E-state index is 0.136. The lowest BCUT2D eigenvalue weighted by Crippen LogP contribution is -2.51. The number of nitrogens with zero attached hydrogens (tertiary/aromatic N) is 1. The fourth-order valence-corrected chi connectivity index (χ4v) is 4.02. The third-order valence-electron chi connectivity index (χ3n) is 5.69. The first-order valence-corrected chi connectivity index (χ1v) is 11.9. The average Bonchev–Trinajstić information content (AvgIpc) is 2.85. The highest BCUT2D eigenvalue weighted by atomic mass is 35.5. The van der Waals surface area contributed by atoms with E-state index in [9.17, 15) is 14.0 Å². The average molecular weight is 481 g/mol. The molecule has 0 radical (unpaired) electrons. The molecule has 0 bridgehead atoms. The fraction of sp³-hybridized carbons (Fsp3) is 0.286. The lowest BCUT2D eigenvalue weighted by Gasteiger charge is -2.32. The third-order valence-corrected chi connectivity index (χ3v) is 6.04. The summed E-state index contributed by atoms with van der Waals surface area (Å²) in [6, 6.07) is 22.7. The molecule has 0 fully saturated rings. The lowest BCUT2D eigenvalue weighted by atomic mass is 10.0. The maximum absolute atomic E-state index is 14.5. The van der Waals surface area contributed by atoms with Crippen molar-refractivity contribution in [2.24, 2.45) is 0 Å². The smallest absolute Gasteiger partial charge is 0.243 e. The number of carbonyl (C=O) groups excluding carboxylic acids is 2. The van der Waals surface area contributed by atoms with E-state index in [1.54, 1.807) is 11.0 Å². The molecule has 0 aliphatic carbocycles. The number of rotatable bonds is 11. The highest BCUT2D eigenvalue weighted by molar-refractivity contribution is 6.31. The van der Waals surface area contributed by atoms with E-state index in [-0.39, 0.29) is 35.4 Å². The van der Waals surface area contributed by atoms with Crippen molar-refractivity contribution in [1.29, 1.82) is 0 Å². The van der Waals surface area contributed by atoms with E-state index in [0.29, 0.717) is 13.0 Å². The molecule has 0 saturated carbocycles. The molecule has 1 atom stereocenters. The number of nitrogens with one attached hydrogen (secondary N) is 1. The molecule has 1 N–H and O–H groups in total. The number of amides is 2. The van der Waals surface area contributed by atoms with Crippen LogP contribution in [0, 0.1) is 5.82 Å². The number of benzene rings is 3. The number of carbonyl (C=O) groups is 2. The topological polar surface area (TPSA) is 49.4 Å². The molecule has 4 nitrogen and oxygen atoms in total. The van der Waals surface area contributed by atoms with Gasteiger partial charge in [-0.2, -0.15) is 0 Å². The Kier molecular flexibility index (Phi) is 9.65. The Morgan fingerprint density at radius 2 is 1.59 bits per heavy atom. The molecule has 0 saturated heterocycles. The molecule has 0 spiro atoms. The molecular weight excluding hydrogens is 451 g/mol. The second-order valence-corrected chi connectivity index (χ2v) is 8.64. The molecule has 0 unspecified atom stereocenters. The van der Waals surface area contributed by atoms with E-state index < -0.39 is 11.9 Å². The maximum atomic E-state index is 14.5. The van der Waals surface area contributed by atoms with Gasteiger partial charge in [-0.1, -0.05) is 91.7 Å². The van der Waals surface area contributed by atoms with Gasteiger partial charge in [0.15, 0.2) is 0 Å². The SMILES string of the molecule is CCCCNC(=O)[C@H](Cc1ccccc1)N(Cc1ccccc1)C(=O)Cc1c(F)cccc1Cl. The number of hydrogen-bond acceptors (Lipinski definition) is 2. The number of hydrogen-bond donors (Lipinski definition) is 1. The van der Waals surface area contributed by atoms with Crippen molar-refractivity contribution in [3.63, 3.8) is 0 Å². The van der Waals surface area contributed by atoms with Gasteiger partial charge >= 0.3 is 0 Å². The zero-order valence-electron chi connectivity index (χ0n) is 19.3. The molecule has 6 heteroatoms. The summed E-state index contributed by atoms with van der Waals surface area (Å²) in [4.78, 5) is 28.5. The second kappa shape index (κ2) is 12.9. The van der Waals surface area contributed by atoms with Gasteiger partial charge in [0.05, 0.1) is 6.42 Å².